The summed E-state index contributed by atoms with van der Waals surface area (Å²) in [7, 11) is 0. The quantitative estimate of drug-likeness (QED) is 0.804. The average molecular weight is 299 g/mol. The third-order valence-electron chi connectivity index (χ3n) is 2.82. The number of thiazole rings is 1. The second-order valence-electron chi connectivity index (χ2n) is 4.21. The minimum absolute atomic E-state index is 0.00170. The first kappa shape index (κ1) is 13.4. The largest absolute Gasteiger partial charge is 0.298 e. The summed E-state index contributed by atoms with van der Waals surface area (Å²) >= 11 is 1.29. The Morgan fingerprint density at radius 2 is 1.90 bits per heavy atom. The molecule has 0 saturated carbocycles. The molecule has 3 rings (SSSR count). The van der Waals surface area contributed by atoms with Gasteiger partial charge in [-0.2, -0.15) is 0 Å². The molecule has 0 atom stereocenters. The molecule has 2 aromatic heterocycles. The minimum Gasteiger partial charge on any atom is -0.298 e. The van der Waals surface area contributed by atoms with E-state index in [4.69, 9.17) is 0 Å². The van der Waals surface area contributed by atoms with Crippen LogP contribution in [0, 0.1) is 5.82 Å². The number of carbonyl (C=O) groups excluding carboxylic acids is 1. The Bertz CT molecular complexity index is 773. The number of nitrogens with one attached hydrogen (secondary N) is 1. The molecule has 0 bridgehead atoms. The van der Waals surface area contributed by atoms with Crippen LogP contribution in [0.2, 0.25) is 0 Å². The summed E-state index contributed by atoms with van der Waals surface area (Å²) in [4.78, 5) is 20.2. The minimum atomic E-state index is -0.555. The zero-order valence-electron chi connectivity index (χ0n) is 10.8. The monoisotopic (exact) mass is 299 g/mol. The molecule has 3 aromatic rings. The number of nitrogens with zero attached hydrogens (tertiary/aromatic N) is 2. The van der Waals surface area contributed by atoms with Crippen LogP contribution in [0.5, 0.6) is 0 Å². The van der Waals surface area contributed by atoms with Crippen molar-refractivity contribution < 1.29 is 9.18 Å². The molecule has 0 aliphatic rings. The van der Waals surface area contributed by atoms with Crippen molar-refractivity contribution in [2.45, 2.75) is 0 Å². The fraction of sp³-hybridized carbons (Fsp3) is 0. The Labute approximate surface area is 124 Å². The van der Waals surface area contributed by atoms with Crippen molar-refractivity contribution in [2.75, 3.05) is 5.32 Å². The number of anilines is 1. The maximum absolute atomic E-state index is 13.5. The van der Waals surface area contributed by atoms with Gasteiger partial charge in [-0.25, -0.2) is 9.37 Å². The molecular weight excluding hydrogens is 289 g/mol. The molecule has 2 heterocycles. The second kappa shape index (κ2) is 5.80. The highest BCUT2D eigenvalue weighted by molar-refractivity contribution is 7.14. The number of amides is 1. The number of rotatable bonds is 3. The topological polar surface area (TPSA) is 54.9 Å². The van der Waals surface area contributed by atoms with Gasteiger partial charge in [0.25, 0.3) is 5.91 Å². The summed E-state index contributed by atoms with van der Waals surface area (Å²) in [6.45, 7) is 0. The zero-order valence-corrected chi connectivity index (χ0v) is 11.6. The Hall–Kier alpha value is -2.60. The molecule has 0 spiro atoms. The Morgan fingerprint density at radius 3 is 2.67 bits per heavy atom. The fourth-order valence-corrected chi connectivity index (χ4v) is 2.51. The van der Waals surface area contributed by atoms with Gasteiger partial charge in [-0.05, 0) is 24.3 Å². The summed E-state index contributed by atoms with van der Waals surface area (Å²) in [5, 5.41) is 4.85. The Kier molecular flexibility index (Phi) is 3.70. The smallest absolute Gasteiger partial charge is 0.260 e. The molecule has 0 aliphatic heterocycles. The normalized spacial score (nSPS) is 10.3. The summed E-state index contributed by atoms with van der Waals surface area (Å²) < 4.78 is 13.5. The van der Waals surface area contributed by atoms with Crippen molar-refractivity contribution in [1.82, 2.24) is 9.97 Å². The van der Waals surface area contributed by atoms with E-state index in [0.29, 0.717) is 5.13 Å². The molecule has 21 heavy (non-hydrogen) atoms. The van der Waals surface area contributed by atoms with Crippen LogP contribution in [0.15, 0.2) is 54.2 Å². The molecule has 4 nitrogen and oxygen atoms in total. The summed E-state index contributed by atoms with van der Waals surface area (Å²) in [5.41, 5.74) is 1.65. The molecule has 0 unspecified atom stereocenters. The van der Waals surface area contributed by atoms with Gasteiger partial charge in [-0.15, -0.1) is 11.3 Å². The number of carbonyl (C=O) groups is 1. The molecular formula is C15H10FN3OS. The number of benzene rings is 1. The van der Waals surface area contributed by atoms with Gasteiger partial charge in [0, 0.05) is 23.3 Å². The van der Waals surface area contributed by atoms with Gasteiger partial charge in [0.05, 0.1) is 11.3 Å². The van der Waals surface area contributed by atoms with Gasteiger partial charge >= 0.3 is 0 Å². The van der Waals surface area contributed by atoms with E-state index in [1.165, 1.54) is 29.5 Å². The van der Waals surface area contributed by atoms with E-state index >= 15 is 0 Å². The highest BCUT2D eigenvalue weighted by atomic mass is 32.1. The predicted octanol–water partition coefficient (Wildman–Crippen LogP) is 3.60. The summed E-state index contributed by atoms with van der Waals surface area (Å²) in [5.74, 6) is -1.07. The lowest BCUT2D eigenvalue weighted by Crippen LogP contribution is -2.13. The number of aromatic nitrogens is 2. The van der Waals surface area contributed by atoms with Crippen molar-refractivity contribution in [3.63, 3.8) is 0 Å². The van der Waals surface area contributed by atoms with Gasteiger partial charge in [0.2, 0.25) is 0 Å². The van der Waals surface area contributed by atoms with Gasteiger partial charge in [0.1, 0.15) is 5.82 Å². The van der Waals surface area contributed by atoms with Crippen molar-refractivity contribution in [2.24, 2.45) is 0 Å². The van der Waals surface area contributed by atoms with E-state index in [2.05, 4.69) is 15.3 Å². The third kappa shape index (κ3) is 2.95. The lowest BCUT2D eigenvalue weighted by molar-refractivity contribution is 0.102. The molecule has 0 aliphatic carbocycles. The lowest BCUT2D eigenvalue weighted by Gasteiger charge is -2.02. The standard InChI is InChI=1S/C15H10FN3OS/c16-12-4-2-1-3-11(12)14(20)19-15-18-13(9-21-15)10-5-7-17-8-6-10/h1-9H,(H,18,19,20). The van der Waals surface area contributed by atoms with Crippen molar-refractivity contribution in [3.8, 4) is 11.3 Å². The number of hydrogen-bond donors (Lipinski definition) is 1. The first-order valence-corrected chi connectivity index (χ1v) is 7.04. The van der Waals surface area contributed by atoms with E-state index in [1.807, 2.05) is 17.5 Å². The number of hydrogen-bond acceptors (Lipinski definition) is 4. The van der Waals surface area contributed by atoms with Crippen LogP contribution in [-0.4, -0.2) is 15.9 Å². The zero-order chi connectivity index (χ0) is 14.7. The van der Waals surface area contributed by atoms with Crippen molar-refractivity contribution >= 4 is 22.4 Å². The molecule has 0 radical (unpaired) electrons. The van der Waals surface area contributed by atoms with E-state index in [9.17, 15) is 9.18 Å². The fourth-order valence-electron chi connectivity index (χ4n) is 1.80. The molecule has 1 amide bonds. The Morgan fingerprint density at radius 1 is 1.14 bits per heavy atom. The van der Waals surface area contributed by atoms with E-state index < -0.39 is 11.7 Å². The van der Waals surface area contributed by atoms with Crippen LogP contribution in [0.25, 0.3) is 11.3 Å². The van der Waals surface area contributed by atoms with E-state index in [-0.39, 0.29) is 5.56 Å². The maximum atomic E-state index is 13.5. The first-order valence-electron chi connectivity index (χ1n) is 6.16. The molecule has 104 valence electrons. The maximum Gasteiger partial charge on any atom is 0.260 e. The molecule has 6 heteroatoms. The van der Waals surface area contributed by atoms with Crippen molar-refractivity contribution in [3.05, 3.63) is 65.6 Å². The van der Waals surface area contributed by atoms with Crippen LogP contribution in [0.3, 0.4) is 0 Å². The van der Waals surface area contributed by atoms with Crippen LogP contribution in [0.1, 0.15) is 10.4 Å². The molecule has 1 aromatic carbocycles. The van der Waals surface area contributed by atoms with Crippen LogP contribution in [-0.2, 0) is 0 Å². The average Bonchev–Trinajstić information content (AvgIpc) is 2.97. The Balaban J connectivity index is 1.79. The molecule has 0 fully saturated rings. The van der Waals surface area contributed by atoms with Crippen LogP contribution in [0.4, 0.5) is 9.52 Å². The van der Waals surface area contributed by atoms with Gasteiger partial charge < -0.3 is 0 Å². The summed E-state index contributed by atoms with van der Waals surface area (Å²) in [6.07, 6.45) is 3.35. The molecule has 1 N–H and O–H groups in total. The first-order chi connectivity index (χ1) is 10.2. The van der Waals surface area contributed by atoms with Crippen LogP contribution < -0.4 is 5.32 Å². The highest BCUT2D eigenvalue weighted by Crippen LogP contribution is 2.24. The lowest BCUT2D eigenvalue weighted by atomic mass is 10.2. The highest BCUT2D eigenvalue weighted by Gasteiger charge is 2.13. The second-order valence-corrected chi connectivity index (χ2v) is 5.07. The summed E-state index contributed by atoms with van der Waals surface area (Å²) in [6, 6.07) is 9.50. The van der Waals surface area contributed by atoms with Crippen molar-refractivity contribution in [1.29, 1.82) is 0 Å². The van der Waals surface area contributed by atoms with E-state index in [1.54, 1.807) is 18.5 Å². The van der Waals surface area contributed by atoms with Crippen LogP contribution >= 0.6 is 11.3 Å². The van der Waals surface area contributed by atoms with E-state index in [0.717, 1.165) is 11.3 Å². The third-order valence-corrected chi connectivity index (χ3v) is 3.58. The number of halogens is 1. The van der Waals surface area contributed by atoms with Gasteiger partial charge in [-0.3, -0.25) is 15.1 Å². The predicted molar refractivity (Wildman–Crippen MR) is 79.7 cm³/mol. The van der Waals surface area contributed by atoms with Gasteiger partial charge in [0.15, 0.2) is 5.13 Å². The van der Waals surface area contributed by atoms with Gasteiger partial charge in [-0.1, -0.05) is 12.1 Å². The molecule has 0 saturated heterocycles. The number of pyridine rings is 1. The SMILES string of the molecule is O=C(Nc1nc(-c2ccncc2)cs1)c1ccccc1F.